The predicted molar refractivity (Wildman–Crippen MR) is 76.9 cm³/mol. The van der Waals surface area contributed by atoms with Crippen molar-refractivity contribution in [3.8, 4) is 0 Å². The summed E-state index contributed by atoms with van der Waals surface area (Å²) >= 11 is 1.27. The van der Waals surface area contributed by atoms with Crippen LogP contribution in [0.4, 0.5) is 0 Å². The van der Waals surface area contributed by atoms with Crippen molar-refractivity contribution in [3.63, 3.8) is 0 Å². The van der Waals surface area contributed by atoms with E-state index in [4.69, 9.17) is 5.11 Å². The molecule has 0 aliphatic carbocycles. The third-order valence-electron chi connectivity index (χ3n) is 3.74. The summed E-state index contributed by atoms with van der Waals surface area (Å²) in [5.41, 5.74) is 0. The zero-order chi connectivity index (χ0) is 13.9. The molecule has 0 bridgehead atoms. The van der Waals surface area contributed by atoms with Gasteiger partial charge in [-0.3, -0.25) is 0 Å². The highest BCUT2D eigenvalue weighted by Gasteiger charge is 2.29. The van der Waals surface area contributed by atoms with Crippen LogP contribution in [-0.4, -0.2) is 37.5 Å². The van der Waals surface area contributed by atoms with Crippen molar-refractivity contribution in [1.82, 2.24) is 4.31 Å². The summed E-state index contributed by atoms with van der Waals surface area (Å²) in [5.74, 6) is 0.666. The predicted octanol–water partition coefficient (Wildman–Crippen LogP) is 2.09. The summed E-state index contributed by atoms with van der Waals surface area (Å²) in [6.07, 6.45) is 3.58. The number of nitrogens with zero attached hydrogens (tertiary/aromatic N) is 1. The van der Waals surface area contributed by atoms with E-state index in [1.54, 1.807) is 16.4 Å². The summed E-state index contributed by atoms with van der Waals surface area (Å²) in [6.45, 7) is 3.49. The lowest BCUT2D eigenvalue weighted by Crippen LogP contribution is -2.37. The first-order valence-corrected chi connectivity index (χ1v) is 9.03. The molecular formula is C13H21NO3S2. The van der Waals surface area contributed by atoms with Gasteiger partial charge in [-0.2, -0.15) is 4.31 Å². The number of piperidine rings is 1. The minimum absolute atomic E-state index is 0.0574. The van der Waals surface area contributed by atoms with Crippen LogP contribution in [0.2, 0.25) is 0 Å². The summed E-state index contributed by atoms with van der Waals surface area (Å²) < 4.78 is 27.0. The average molecular weight is 303 g/mol. The zero-order valence-electron chi connectivity index (χ0n) is 11.2. The summed E-state index contributed by atoms with van der Waals surface area (Å²) in [6, 6.07) is 3.46. The first kappa shape index (κ1) is 15.0. The molecule has 1 aromatic rings. The van der Waals surface area contributed by atoms with Crippen LogP contribution >= 0.6 is 11.3 Å². The van der Waals surface area contributed by atoms with E-state index in [-0.39, 0.29) is 6.61 Å². The van der Waals surface area contributed by atoms with Crippen molar-refractivity contribution in [3.05, 3.63) is 17.0 Å². The molecule has 1 N–H and O–H groups in total. The van der Waals surface area contributed by atoms with Gasteiger partial charge in [0.15, 0.2) is 0 Å². The molecule has 0 spiro atoms. The highest BCUT2D eigenvalue weighted by molar-refractivity contribution is 7.91. The van der Waals surface area contributed by atoms with Crippen LogP contribution in [0.1, 0.15) is 31.1 Å². The Hall–Kier alpha value is -0.430. The van der Waals surface area contributed by atoms with Gasteiger partial charge >= 0.3 is 0 Å². The highest BCUT2D eigenvalue weighted by atomic mass is 32.2. The molecule has 4 nitrogen and oxygen atoms in total. The van der Waals surface area contributed by atoms with Crippen molar-refractivity contribution in [2.45, 2.75) is 36.8 Å². The number of hydrogen-bond acceptors (Lipinski definition) is 4. The summed E-state index contributed by atoms with van der Waals surface area (Å²) in [4.78, 5) is 0.921. The van der Waals surface area contributed by atoms with E-state index in [1.807, 2.05) is 0 Å². The minimum atomic E-state index is -3.32. The van der Waals surface area contributed by atoms with Crippen LogP contribution in [0.5, 0.6) is 0 Å². The fourth-order valence-electron chi connectivity index (χ4n) is 2.43. The molecule has 1 aromatic heterocycles. The molecule has 1 aliphatic heterocycles. The number of aliphatic hydroxyl groups is 1. The van der Waals surface area contributed by atoms with Crippen LogP contribution in [0.15, 0.2) is 16.3 Å². The Labute approximate surface area is 119 Å². The van der Waals surface area contributed by atoms with Crippen LogP contribution < -0.4 is 0 Å². The van der Waals surface area contributed by atoms with Crippen molar-refractivity contribution in [2.75, 3.05) is 19.7 Å². The molecule has 0 atom stereocenters. The van der Waals surface area contributed by atoms with Crippen LogP contribution in [0.3, 0.4) is 0 Å². The zero-order valence-corrected chi connectivity index (χ0v) is 12.8. The fraction of sp³-hybridized carbons (Fsp3) is 0.692. The van der Waals surface area contributed by atoms with E-state index < -0.39 is 10.0 Å². The van der Waals surface area contributed by atoms with E-state index in [9.17, 15) is 8.42 Å². The summed E-state index contributed by atoms with van der Waals surface area (Å²) in [7, 11) is -3.32. The van der Waals surface area contributed by atoms with E-state index in [1.165, 1.54) is 11.3 Å². The van der Waals surface area contributed by atoms with Crippen LogP contribution in [0.25, 0.3) is 0 Å². The van der Waals surface area contributed by atoms with Gasteiger partial charge in [0, 0.05) is 31.0 Å². The molecule has 1 aliphatic rings. The topological polar surface area (TPSA) is 57.6 Å². The first-order valence-electron chi connectivity index (χ1n) is 6.77. The van der Waals surface area contributed by atoms with Crippen molar-refractivity contribution >= 4 is 21.4 Å². The van der Waals surface area contributed by atoms with Gasteiger partial charge in [0.1, 0.15) is 4.21 Å². The maximum atomic E-state index is 12.5. The second kappa shape index (κ2) is 6.35. The molecule has 2 rings (SSSR count). The molecule has 108 valence electrons. The molecule has 0 amide bonds. The van der Waals surface area contributed by atoms with Crippen LogP contribution in [-0.2, 0) is 16.4 Å². The molecular weight excluding hydrogens is 282 g/mol. The third-order valence-corrected chi connectivity index (χ3v) is 7.25. The van der Waals surface area contributed by atoms with Gasteiger partial charge in [-0.15, -0.1) is 11.3 Å². The largest absolute Gasteiger partial charge is 0.396 e. The van der Waals surface area contributed by atoms with Gasteiger partial charge in [0.2, 0.25) is 0 Å². The second-order valence-electron chi connectivity index (χ2n) is 4.95. The second-order valence-corrected chi connectivity index (χ2v) is 8.28. The Bertz CT molecular complexity index is 502. The van der Waals surface area contributed by atoms with E-state index in [0.29, 0.717) is 29.6 Å². The monoisotopic (exact) mass is 303 g/mol. The molecule has 0 aromatic carbocycles. The Morgan fingerprint density at radius 2 is 2.05 bits per heavy atom. The quantitative estimate of drug-likeness (QED) is 0.906. The summed E-state index contributed by atoms with van der Waals surface area (Å²) in [5, 5.41) is 8.88. The van der Waals surface area contributed by atoms with Gasteiger partial charge in [-0.05, 0) is 30.9 Å². The van der Waals surface area contributed by atoms with Gasteiger partial charge in [-0.1, -0.05) is 13.3 Å². The van der Waals surface area contributed by atoms with Gasteiger partial charge < -0.3 is 5.11 Å². The molecule has 2 heterocycles. The van der Waals surface area contributed by atoms with Gasteiger partial charge in [0.05, 0.1) is 0 Å². The SMILES string of the molecule is CCC1CCN(S(=O)(=O)c2ccc(CCO)s2)CC1. The molecule has 1 saturated heterocycles. The Morgan fingerprint density at radius 3 is 2.63 bits per heavy atom. The molecule has 0 radical (unpaired) electrons. The van der Waals surface area contributed by atoms with Crippen LogP contribution in [0, 0.1) is 5.92 Å². The Kier molecular flexibility index (Phi) is 5.00. The number of thiophene rings is 1. The number of aliphatic hydroxyl groups excluding tert-OH is 1. The molecule has 6 heteroatoms. The van der Waals surface area contributed by atoms with Gasteiger partial charge in [0.25, 0.3) is 10.0 Å². The molecule has 19 heavy (non-hydrogen) atoms. The minimum Gasteiger partial charge on any atom is -0.396 e. The van der Waals surface area contributed by atoms with Crippen molar-refractivity contribution < 1.29 is 13.5 Å². The maximum Gasteiger partial charge on any atom is 0.252 e. The normalized spacial score (nSPS) is 18.8. The van der Waals surface area contributed by atoms with E-state index >= 15 is 0 Å². The Morgan fingerprint density at radius 1 is 1.37 bits per heavy atom. The molecule has 0 unspecified atom stereocenters. The fourth-order valence-corrected chi connectivity index (χ4v) is 5.40. The lowest BCUT2D eigenvalue weighted by Gasteiger charge is -2.30. The average Bonchev–Trinajstić information content (AvgIpc) is 2.89. The molecule has 0 saturated carbocycles. The van der Waals surface area contributed by atoms with E-state index in [2.05, 4.69) is 6.92 Å². The number of hydrogen-bond donors (Lipinski definition) is 1. The van der Waals surface area contributed by atoms with Crippen molar-refractivity contribution in [1.29, 1.82) is 0 Å². The Balaban J connectivity index is 2.09. The molecule has 1 fully saturated rings. The smallest absolute Gasteiger partial charge is 0.252 e. The third kappa shape index (κ3) is 3.37. The highest BCUT2D eigenvalue weighted by Crippen LogP contribution is 2.29. The number of sulfonamides is 1. The maximum absolute atomic E-state index is 12.5. The lowest BCUT2D eigenvalue weighted by atomic mass is 9.96. The van der Waals surface area contributed by atoms with Gasteiger partial charge in [-0.25, -0.2) is 8.42 Å². The lowest BCUT2D eigenvalue weighted by molar-refractivity contribution is 0.269. The first-order chi connectivity index (χ1) is 9.07. The van der Waals surface area contributed by atoms with Crippen molar-refractivity contribution in [2.24, 2.45) is 5.92 Å². The van der Waals surface area contributed by atoms with E-state index in [0.717, 1.165) is 24.1 Å². The standard InChI is InChI=1S/C13H21NO3S2/c1-2-11-5-8-14(9-6-11)19(16,17)13-4-3-12(18-13)7-10-15/h3-4,11,15H,2,5-10H2,1H3. The number of rotatable bonds is 5.